The lowest BCUT2D eigenvalue weighted by molar-refractivity contribution is -0.121. The molecular weight excluding hydrogens is 456 g/mol. The molecule has 0 spiro atoms. The maximum Gasteiger partial charge on any atom is 0.255 e. The smallest absolute Gasteiger partial charge is 0.255 e. The molecule has 0 saturated carbocycles. The first kappa shape index (κ1) is 26.0. The van der Waals surface area contributed by atoms with E-state index in [1.54, 1.807) is 6.07 Å². The molecule has 1 aliphatic heterocycles. The third-order valence-corrected chi connectivity index (χ3v) is 7.31. The average molecular weight is 495 g/mol. The number of primary amides is 1. The van der Waals surface area contributed by atoms with Gasteiger partial charge >= 0.3 is 0 Å². The minimum atomic E-state index is -0.580. The quantitative estimate of drug-likeness (QED) is 0.592. The third-order valence-electron chi connectivity index (χ3n) is 7.31. The van der Waals surface area contributed by atoms with Gasteiger partial charge in [-0.2, -0.15) is 0 Å². The number of carbonyl (C=O) groups is 3. The van der Waals surface area contributed by atoms with Crippen LogP contribution >= 0.6 is 0 Å². The number of ketones is 2. The Labute approximate surface area is 213 Å². The van der Waals surface area contributed by atoms with E-state index < -0.39 is 11.8 Å². The topological polar surface area (TPSA) is 98.9 Å². The number of hydrogen-bond donors (Lipinski definition) is 1. The number of ether oxygens (including phenoxy) is 2. The SMILES string of the molecule is CCOc1cc(C2C3=C(CC(C)(C)CC3=O)N(CC)C3=C2C(=O)CC(C)(C)C3)ccc1OCC(N)=O. The van der Waals surface area contributed by atoms with Crippen molar-refractivity contribution >= 4 is 17.5 Å². The summed E-state index contributed by atoms with van der Waals surface area (Å²) < 4.78 is 11.4. The van der Waals surface area contributed by atoms with Crippen LogP contribution in [0.4, 0.5) is 0 Å². The van der Waals surface area contributed by atoms with Crippen molar-refractivity contribution in [2.75, 3.05) is 19.8 Å². The van der Waals surface area contributed by atoms with Crippen LogP contribution in [0, 0.1) is 10.8 Å². The summed E-state index contributed by atoms with van der Waals surface area (Å²) in [5, 5.41) is 0. The van der Waals surface area contributed by atoms with Crippen molar-refractivity contribution in [1.29, 1.82) is 0 Å². The fourth-order valence-electron chi connectivity index (χ4n) is 6.00. The van der Waals surface area contributed by atoms with Gasteiger partial charge in [0, 0.05) is 47.8 Å². The summed E-state index contributed by atoms with van der Waals surface area (Å²) in [5.41, 5.74) is 9.33. The van der Waals surface area contributed by atoms with Crippen LogP contribution in [-0.4, -0.2) is 42.1 Å². The first-order valence-corrected chi connectivity index (χ1v) is 12.9. The maximum absolute atomic E-state index is 13.7. The highest BCUT2D eigenvalue weighted by Crippen LogP contribution is 2.54. The van der Waals surface area contributed by atoms with Gasteiger partial charge in [-0.1, -0.05) is 33.8 Å². The number of benzene rings is 1. The van der Waals surface area contributed by atoms with Gasteiger partial charge in [-0.3, -0.25) is 14.4 Å². The largest absolute Gasteiger partial charge is 0.490 e. The molecule has 0 radical (unpaired) electrons. The number of nitrogens with zero attached hydrogens (tertiary/aromatic N) is 1. The second kappa shape index (κ2) is 9.41. The van der Waals surface area contributed by atoms with Crippen molar-refractivity contribution in [2.45, 2.75) is 73.1 Å². The molecule has 0 unspecified atom stereocenters. The van der Waals surface area contributed by atoms with Crippen molar-refractivity contribution in [3.8, 4) is 11.5 Å². The van der Waals surface area contributed by atoms with Crippen molar-refractivity contribution in [3.05, 3.63) is 46.3 Å². The van der Waals surface area contributed by atoms with Gasteiger partial charge in [-0.05, 0) is 55.2 Å². The molecule has 2 N–H and O–H groups in total. The molecule has 1 aromatic rings. The third kappa shape index (κ3) is 4.80. The van der Waals surface area contributed by atoms with Crippen molar-refractivity contribution < 1.29 is 23.9 Å². The van der Waals surface area contributed by atoms with E-state index in [0.29, 0.717) is 37.5 Å². The number of hydrogen-bond acceptors (Lipinski definition) is 6. The highest BCUT2D eigenvalue weighted by atomic mass is 16.5. The second-order valence-corrected chi connectivity index (χ2v) is 11.7. The van der Waals surface area contributed by atoms with Gasteiger partial charge in [0.05, 0.1) is 6.61 Å². The first-order valence-electron chi connectivity index (χ1n) is 12.9. The lowest BCUT2D eigenvalue weighted by atomic mass is 9.63. The zero-order chi connectivity index (χ0) is 26.4. The Kier molecular flexibility index (Phi) is 6.80. The monoisotopic (exact) mass is 494 g/mol. The van der Waals surface area contributed by atoms with Crippen LogP contribution in [0.1, 0.15) is 78.7 Å². The highest BCUT2D eigenvalue weighted by Gasteiger charge is 2.48. The van der Waals surface area contributed by atoms with E-state index in [-0.39, 0.29) is 29.0 Å². The predicted octanol–water partition coefficient (Wildman–Crippen LogP) is 4.65. The lowest BCUT2D eigenvalue weighted by Gasteiger charge is -2.48. The number of amides is 1. The Morgan fingerprint density at radius 3 is 1.94 bits per heavy atom. The van der Waals surface area contributed by atoms with Gasteiger partial charge in [-0.15, -0.1) is 0 Å². The number of rotatable bonds is 7. The number of Topliss-reactive ketones (excluding diaryl/α,β-unsaturated/α-hetero) is 2. The highest BCUT2D eigenvalue weighted by molar-refractivity contribution is 6.06. The van der Waals surface area contributed by atoms with E-state index in [0.717, 1.165) is 40.9 Å². The lowest BCUT2D eigenvalue weighted by Crippen LogP contribution is -2.44. The molecule has 0 aromatic heterocycles. The maximum atomic E-state index is 13.7. The summed E-state index contributed by atoms with van der Waals surface area (Å²) in [6, 6.07) is 5.46. The molecule has 3 aliphatic rings. The van der Waals surface area contributed by atoms with E-state index in [2.05, 4.69) is 39.5 Å². The molecule has 1 aromatic carbocycles. The fraction of sp³-hybridized carbons (Fsp3) is 0.552. The summed E-state index contributed by atoms with van der Waals surface area (Å²) in [5.74, 6) is 0.0340. The Balaban J connectivity index is 1.92. The Morgan fingerprint density at radius 1 is 0.917 bits per heavy atom. The summed E-state index contributed by atoms with van der Waals surface area (Å²) in [6.45, 7) is 13.3. The minimum absolute atomic E-state index is 0.0981. The minimum Gasteiger partial charge on any atom is -0.490 e. The zero-order valence-corrected chi connectivity index (χ0v) is 22.3. The van der Waals surface area contributed by atoms with E-state index in [9.17, 15) is 14.4 Å². The summed E-state index contributed by atoms with van der Waals surface area (Å²) in [4.78, 5) is 41.0. The number of allylic oxidation sites excluding steroid dienone is 4. The Hall–Kier alpha value is -3.09. The Bertz CT molecular complexity index is 1120. The van der Waals surface area contributed by atoms with Crippen molar-refractivity contribution in [1.82, 2.24) is 4.90 Å². The van der Waals surface area contributed by atoms with Gasteiger partial charge in [0.15, 0.2) is 29.7 Å². The van der Waals surface area contributed by atoms with Crippen molar-refractivity contribution in [3.63, 3.8) is 0 Å². The molecule has 0 fully saturated rings. The summed E-state index contributed by atoms with van der Waals surface area (Å²) >= 11 is 0. The van der Waals surface area contributed by atoms with E-state index >= 15 is 0 Å². The molecule has 1 amide bonds. The van der Waals surface area contributed by atoms with Crippen LogP contribution in [0.25, 0.3) is 0 Å². The molecule has 2 aliphatic carbocycles. The van der Waals surface area contributed by atoms with Gasteiger partial charge in [0.2, 0.25) is 0 Å². The molecule has 7 heteroatoms. The number of nitrogens with two attached hydrogens (primary N) is 1. The van der Waals surface area contributed by atoms with Crippen LogP contribution in [0.3, 0.4) is 0 Å². The standard InChI is InChI=1S/C29H38N2O5/c1-7-31-18-12-28(3,4)14-20(32)26(18)25(27-19(31)13-29(5,6)15-21(27)33)17-9-10-22(36-16-24(30)34)23(11-17)35-8-2/h9-11,25H,7-8,12-16H2,1-6H3,(H2,30,34). The van der Waals surface area contributed by atoms with E-state index in [1.807, 2.05) is 19.1 Å². The van der Waals surface area contributed by atoms with Gasteiger partial charge in [0.1, 0.15) is 0 Å². The normalized spacial score (nSPS) is 21.3. The van der Waals surface area contributed by atoms with Gasteiger partial charge in [-0.25, -0.2) is 0 Å². The van der Waals surface area contributed by atoms with Crippen LogP contribution in [0.2, 0.25) is 0 Å². The molecule has 0 atom stereocenters. The van der Waals surface area contributed by atoms with Crippen LogP contribution in [-0.2, 0) is 14.4 Å². The van der Waals surface area contributed by atoms with Crippen LogP contribution in [0.5, 0.6) is 11.5 Å². The molecule has 4 rings (SSSR count). The van der Waals surface area contributed by atoms with Gasteiger partial charge in [0.25, 0.3) is 5.91 Å². The fourth-order valence-corrected chi connectivity index (χ4v) is 6.00. The molecule has 1 heterocycles. The van der Waals surface area contributed by atoms with Crippen molar-refractivity contribution in [2.24, 2.45) is 16.6 Å². The second-order valence-electron chi connectivity index (χ2n) is 11.7. The average Bonchev–Trinajstić information content (AvgIpc) is 2.75. The molecule has 194 valence electrons. The summed E-state index contributed by atoms with van der Waals surface area (Å²) in [7, 11) is 0. The van der Waals surface area contributed by atoms with E-state index in [1.165, 1.54) is 0 Å². The van der Waals surface area contributed by atoms with Crippen LogP contribution in [0.15, 0.2) is 40.7 Å². The molecule has 7 nitrogen and oxygen atoms in total. The first-order chi connectivity index (χ1) is 16.9. The molecule has 0 bridgehead atoms. The molecule has 36 heavy (non-hydrogen) atoms. The molecule has 0 saturated heterocycles. The van der Waals surface area contributed by atoms with E-state index in [4.69, 9.17) is 15.2 Å². The molecular formula is C29H38N2O5. The Morgan fingerprint density at radius 2 is 1.47 bits per heavy atom. The summed E-state index contributed by atoms with van der Waals surface area (Å²) in [6.07, 6.45) is 2.45. The zero-order valence-electron chi connectivity index (χ0n) is 22.3. The van der Waals surface area contributed by atoms with Crippen LogP contribution < -0.4 is 15.2 Å². The predicted molar refractivity (Wildman–Crippen MR) is 138 cm³/mol. The van der Waals surface area contributed by atoms with Gasteiger partial charge < -0.3 is 20.1 Å². The number of carbonyl (C=O) groups excluding carboxylic acids is 3.